The summed E-state index contributed by atoms with van der Waals surface area (Å²) in [5, 5.41) is 3.31. The molecule has 0 saturated carbocycles. The first-order chi connectivity index (χ1) is 21.6. The molecule has 3 aromatic carbocycles. The molecular weight excluding hydrogens is 577 g/mol. The van der Waals surface area contributed by atoms with E-state index in [1.165, 1.54) is 4.90 Å². The van der Waals surface area contributed by atoms with E-state index in [4.69, 9.17) is 14.2 Å². The van der Waals surface area contributed by atoms with E-state index in [9.17, 15) is 18.8 Å². The van der Waals surface area contributed by atoms with E-state index < -0.39 is 17.9 Å². The van der Waals surface area contributed by atoms with Crippen LogP contribution in [0.3, 0.4) is 0 Å². The first-order valence-electron chi connectivity index (χ1n) is 15.2. The SMILES string of the molecule is CC(C)(C)OC(=O)N(CCOCCN1C(=O)c2ccccc2C1=O)CCOCC(F)CNC(c1ccccc1)c1ccccc1. The van der Waals surface area contributed by atoms with Crippen molar-refractivity contribution in [2.75, 3.05) is 52.6 Å². The van der Waals surface area contributed by atoms with Crippen molar-refractivity contribution < 1.29 is 33.0 Å². The molecule has 1 unspecified atom stereocenters. The lowest BCUT2D eigenvalue weighted by atomic mass is 9.98. The van der Waals surface area contributed by atoms with Gasteiger partial charge in [0.2, 0.25) is 0 Å². The highest BCUT2D eigenvalue weighted by atomic mass is 19.1. The summed E-state index contributed by atoms with van der Waals surface area (Å²) in [6.45, 7) is 6.12. The Morgan fingerprint density at radius 3 is 1.84 bits per heavy atom. The van der Waals surface area contributed by atoms with E-state index in [1.54, 1.807) is 45.0 Å². The number of carbonyl (C=O) groups is 3. The lowest BCUT2D eigenvalue weighted by Gasteiger charge is -2.27. The van der Waals surface area contributed by atoms with Crippen LogP contribution in [0.4, 0.5) is 9.18 Å². The Morgan fingerprint density at radius 2 is 1.31 bits per heavy atom. The molecule has 1 atom stereocenters. The number of imide groups is 1. The number of hydrogen-bond donors (Lipinski definition) is 1. The molecule has 1 N–H and O–H groups in total. The van der Waals surface area contributed by atoms with Crippen LogP contribution in [0, 0.1) is 0 Å². The van der Waals surface area contributed by atoms with Crippen molar-refractivity contribution in [2.45, 2.75) is 38.6 Å². The van der Waals surface area contributed by atoms with E-state index in [2.05, 4.69) is 5.32 Å². The van der Waals surface area contributed by atoms with Crippen LogP contribution < -0.4 is 5.32 Å². The Bertz CT molecular complexity index is 1320. The summed E-state index contributed by atoms with van der Waals surface area (Å²) in [6, 6.07) is 26.3. The highest BCUT2D eigenvalue weighted by molar-refractivity contribution is 6.21. The Morgan fingerprint density at radius 1 is 0.800 bits per heavy atom. The molecule has 240 valence electrons. The zero-order chi connectivity index (χ0) is 32.2. The third kappa shape index (κ3) is 9.94. The molecule has 0 spiro atoms. The van der Waals surface area contributed by atoms with Crippen molar-refractivity contribution in [1.82, 2.24) is 15.1 Å². The van der Waals surface area contributed by atoms with E-state index in [0.29, 0.717) is 11.1 Å². The monoisotopic (exact) mass is 619 g/mol. The number of nitrogens with zero attached hydrogens (tertiary/aromatic N) is 2. The molecule has 10 heteroatoms. The number of nitrogens with one attached hydrogen (secondary N) is 1. The Labute approximate surface area is 264 Å². The minimum Gasteiger partial charge on any atom is -0.444 e. The zero-order valence-electron chi connectivity index (χ0n) is 26.1. The highest BCUT2D eigenvalue weighted by Gasteiger charge is 2.34. The molecule has 9 nitrogen and oxygen atoms in total. The highest BCUT2D eigenvalue weighted by Crippen LogP contribution is 2.23. The molecule has 45 heavy (non-hydrogen) atoms. The number of halogens is 1. The van der Waals surface area contributed by atoms with Gasteiger partial charge in [0.25, 0.3) is 11.8 Å². The van der Waals surface area contributed by atoms with Gasteiger partial charge in [-0.15, -0.1) is 0 Å². The van der Waals surface area contributed by atoms with Crippen LogP contribution in [0.15, 0.2) is 84.9 Å². The van der Waals surface area contributed by atoms with Gasteiger partial charge in [0.05, 0.1) is 50.1 Å². The number of rotatable bonds is 16. The minimum absolute atomic E-state index is 0.0885. The molecule has 1 aliphatic rings. The third-order valence-corrected chi connectivity index (χ3v) is 7.11. The molecule has 0 fully saturated rings. The summed E-state index contributed by atoms with van der Waals surface area (Å²) in [4.78, 5) is 40.5. The van der Waals surface area contributed by atoms with Gasteiger partial charge in [0.15, 0.2) is 0 Å². The van der Waals surface area contributed by atoms with Gasteiger partial charge in [-0.3, -0.25) is 14.5 Å². The average molecular weight is 620 g/mol. The number of hydrogen-bond acceptors (Lipinski definition) is 7. The van der Waals surface area contributed by atoms with E-state index in [-0.39, 0.29) is 70.5 Å². The summed E-state index contributed by atoms with van der Waals surface area (Å²) < 4.78 is 31.7. The quantitative estimate of drug-likeness (QED) is 0.172. The Balaban J connectivity index is 1.20. The van der Waals surface area contributed by atoms with Crippen LogP contribution in [0.2, 0.25) is 0 Å². The van der Waals surface area contributed by atoms with Gasteiger partial charge in [-0.1, -0.05) is 72.8 Å². The Kier molecular flexibility index (Phi) is 12.2. The normalized spacial score (nSPS) is 13.7. The molecule has 0 saturated heterocycles. The number of benzene rings is 3. The maximum Gasteiger partial charge on any atom is 0.410 e. The molecule has 4 rings (SSSR count). The largest absolute Gasteiger partial charge is 0.444 e. The first-order valence-corrected chi connectivity index (χ1v) is 15.2. The summed E-state index contributed by atoms with van der Waals surface area (Å²) in [5.41, 5.74) is 2.15. The predicted octanol–water partition coefficient (Wildman–Crippen LogP) is 5.27. The second-order valence-corrected chi connectivity index (χ2v) is 11.7. The first kappa shape index (κ1) is 33.8. The van der Waals surface area contributed by atoms with Gasteiger partial charge < -0.3 is 24.4 Å². The standard InChI is InChI=1S/C35H42FN3O6/c1-35(2,3)45-34(42)38(18-21-43-23-20-39-32(40)29-16-10-11-17-30(29)33(39)41)19-22-44-25-28(36)24-37-31(26-12-6-4-7-13-26)27-14-8-5-9-15-27/h4-17,28,31,37H,18-25H2,1-3H3. The number of amides is 3. The molecular formula is C35H42FN3O6. The van der Waals surface area contributed by atoms with Crippen molar-refractivity contribution in [3.63, 3.8) is 0 Å². The maximum absolute atomic E-state index is 14.9. The van der Waals surface area contributed by atoms with Crippen LogP contribution in [-0.2, 0) is 14.2 Å². The van der Waals surface area contributed by atoms with Crippen molar-refractivity contribution in [3.05, 3.63) is 107 Å². The fraction of sp³-hybridized carbons (Fsp3) is 0.400. The van der Waals surface area contributed by atoms with Crippen molar-refractivity contribution >= 4 is 17.9 Å². The van der Waals surface area contributed by atoms with Crippen LogP contribution in [-0.4, -0.2) is 92.1 Å². The Hall–Kier alpha value is -4.12. The number of carbonyl (C=O) groups excluding carboxylic acids is 3. The second-order valence-electron chi connectivity index (χ2n) is 11.7. The van der Waals surface area contributed by atoms with Crippen molar-refractivity contribution in [1.29, 1.82) is 0 Å². The second kappa shape index (κ2) is 16.3. The van der Waals surface area contributed by atoms with Crippen LogP contribution in [0.25, 0.3) is 0 Å². The lowest BCUT2D eigenvalue weighted by Crippen LogP contribution is -2.41. The summed E-state index contributed by atoms with van der Waals surface area (Å²) in [7, 11) is 0. The number of alkyl halides is 1. The van der Waals surface area contributed by atoms with Crippen LogP contribution in [0.5, 0.6) is 0 Å². The summed E-state index contributed by atoms with van der Waals surface area (Å²) in [5.74, 6) is -0.688. The van der Waals surface area contributed by atoms with Crippen LogP contribution in [0.1, 0.15) is 58.7 Å². The van der Waals surface area contributed by atoms with Gasteiger partial charge in [-0.05, 0) is 44.0 Å². The van der Waals surface area contributed by atoms with Crippen molar-refractivity contribution in [2.24, 2.45) is 0 Å². The van der Waals surface area contributed by atoms with Gasteiger partial charge in [0, 0.05) is 19.6 Å². The molecule has 1 heterocycles. The molecule has 0 radical (unpaired) electrons. The molecule has 3 aromatic rings. The fourth-order valence-electron chi connectivity index (χ4n) is 4.91. The van der Waals surface area contributed by atoms with Gasteiger partial charge >= 0.3 is 6.09 Å². The van der Waals surface area contributed by atoms with Gasteiger partial charge in [-0.25, -0.2) is 9.18 Å². The molecule has 0 aliphatic carbocycles. The van der Waals surface area contributed by atoms with Crippen LogP contribution >= 0.6 is 0 Å². The van der Waals surface area contributed by atoms with E-state index in [1.807, 2.05) is 60.7 Å². The predicted molar refractivity (Wildman–Crippen MR) is 169 cm³/mol. The van der Waals surface area contributed by atoms with E-state index >= 15 is 0 Å². The van der Waals surface area contributed by atoms with Crippen molar-refractivity contribution in [3.8, 4) is 0 Å². The topological polar surface area (TPSA) is 97.4 Å². The zero-order valence-corrected chi connectivity index (χ0v) is 26.1. The minimum atomic E-state index is -1.26. The molecule has 3 amide bonds. The maximum atomic E-state index is 14.9. The van der Waals surface area contributed by atoms with Gasteiger partial charge in [-0.2, -0.15) is 0 Å². The van der Waals surface area contributed by atoms with E-state index in [0.717, 1.165) is 16.0 Å². The molecule has 0 aromatic heterocycles. The molecule has 1 aliphatic heterocycles. The third-order valence-electron chi connectivity index (χ3n) is 7.11. The van der Waals surface area contributed by atoms with Gasteiger partial charge in [0.1, 0.15) is 11.8 Å². The summed E-state index contributed by atoms with van der Waals surface area (Å²) in [6.07, 6.45) is -1.80. The lowest BCUT2D eigenvalue weighted by molar-refractivity contribution is 0.00587. The number of ether oxygens (including phenoxy) is 3. The smallest absolute Gasteiger partial charge is 0.410 e. The molecule has 0 bridgehead atoms. The fourth-order valence-corrected chi connectivity index (χ4v) is 4.91. The summed E-state index contributed by atoms with van der Waals surface area (Å²) >= 11 is 0. The number of fused-ring (bicyclic) bond motifs is 1. The average Bonchev–Trinajstić information content (AvgIpc) is 3.27.